The smallest absolute Gasteiger partial charge is 0.369 e. The Bertz CT molecular complexity index is 151. The van der Waals surface area contributed by atoms with E-state index >= 15 is 0 Å². The molecular weight excluding hydrogens is 136 g/mol. The van der Waals surface area contributed by atoms with Crippen LogP contribution in [0.25, 0.3) is 0 Å². The van der Waals surface area contributed by atoms with E-state index in [1.165, 1.54) is 0 Å². The average Bonchev–Trinajstić information content (AvgIpc) is 2.15. The highest BCUT2D eigenvalue weighted by atomic mass is 32.2. The first-order valence-corrected chi connectivity index (χ1v) is 3.70. The van der Waals surface area contributed by atoms with Crippen LogP contribution in [-0.4, -0.2) is 10.4 Å². The molecule has 50 valence electrons. The second-order valence-electron chi connectivity index (χ2n) is 1.93. The van der Waals surface area contributed by atoms with Crippen LogP contribution in [0.5, 0.6) is 0 Å². The molecule has 0 unspecified atom stereocenters. The minimum Gasteiger partial charge on any atom is -0.473 e. The molecule has 0 spiro atoms. The summed E-state index contributed by atoms with van der Waals surface area (Å²) in [4.78, 5) is 11.1. The summed E-state index contributed by atoms with van der Waals surface area (Å²) in [7, 11) is 0. The Hall–Kier alpha value is -0.440. The molecule has 0 aromatic rings. The number of carboxylic acid groups (broad SMARTS) is 1. The summed E-state index contributed by atoms with van der Waals surface area (Å²) in [5, 5.41) is 7.51. The van der Waals surface area contributed by atoms with Crippen molar-refractivity contribution >= 4 is 17.1 Å². The first-order chi connectivity index (χ1) is 4.29. The lowest BCUT2D eigenvalue weighted by atomic mass is 10.4. The highest BCUT2D eigenvalue weighted by Gasteiger charge is 2.08. The van der Waals surface area contributed by atoms with Crippen LogP contribution in [0.2, 0.25) is 0 Å². The standard InChI is InChI=1S/C6H8O2S/c7-6(8)9-5-3-1-2-4-5/h3H,1-2,4H2,(H,7,8). The van der Waals surface area contributed by atoms with E-state index < -0.39 is 5.30 Å². The van der Waals surface area contributed by atoms with Crippen molar-refractivity contribution in [3.63, 3.8) is 0 Å². The zero-order valence-electron chi connectivity index (χ0n) is 4.96. The Kier molecular flexibility index (Phi) is 2.16. The zero-order chi connectivity index (χ0) is 6.69. The molecular formula is C6H8O2S. The second-order valence-corrected chi connectivity index (χ2v) is 3.01. The van der Waals surface area contributed by atoms with E-state index in [0.29, 0.717) is 0 Å². The van der Waals surface area contributed by atoms with Gasteiger partial charge in [0.2, 0.25) is 0 Å². The number of hydrogen-bond acceptors (Lipinski definition) is 2. The molecule has 0 atom stereocenters. The van der Waals surface area contributed by atoms with Gasteiger partial charge in [-0.05, 0) is 35.9 Å². The van der Waals surface area contributed by atoms with E-state index in [0.717, 1.165) is 35.9 Å². The molecule has 1 rings (SSSR count). The third kappa shape index (κ3) is 2.10. The molecule has 3 heteroatoms. The van der Waals surface area contributed by atoms with Crippen molar-refractivity contribution in [3.05, 3.63) is 11.0 Å². The summed E-state index contributed by atoms with van der Waals surface area (Å²) in [5.41, 5.74) is 0. The zero-order valence-corrected chi connectivity index (χ0v) is 5.78. The minimum absolute atomic E-state index is 0.789. The topological polar surface area (TPSA) is 37.3 Å². The van der Waals surface area contributed by atoms with Crippen molar-refractivity contribution in [2.45, 2.75) is 19.3 Å². The van der Waals surface area contributed by atoms with Crippen LogP contribution in [0.1, 0.15) is 19.3 Å². The Morgan fingerprint density at radius 2 is 2.56 bits per heavy atom. The number of thioether (sulfide) groups is 1. The lowest BCUT2D eigenvalue weighted by Crippen LogP contribution is -1.82. The predicted molar refractivity (Wildman–Crippen MR) is 37.5 cm³/mol. The van der Waals surface area contributed by atoms with Crippen LogP contribution in [0.4, 0.5) is 4.79 Å². The van der Waals surface area contributed by atoms with Gasteiger partial charge >= 0.3 is 5.30 Å². The van der Waals surface area contributed by atoms with E-state index in [9.17, 15) is 4.79 Å². The van der Waals surface area contributed by atoms with E-state index in [1.54, 1.807) is 0 Å². The third-order valence-corrected chi connectivity index (χ3v) is 2.03. The van der Waals surface area contributed by atoms with Crippen LogP contribution in [0.3, 0.4) is 0 Å². The summed E-state index contributed by atoms with van der Waals surface area (Å²) in [6.45, 7) is 0. The highest BCUT2D eigenvalue weighted by Crippen LogP contribution is 2.28. The summed E-state index contributed by atoms with van der Waals surface area (Å²) < 4.78 is 0. The second kappa shape index (κ2) is 2.92. The van der Waals surface area contributed by atoms with Crippen molar-refractivity contribution in [2.24, 2.45) is 0 Å². The quantitative estimate of drug-likeness (QED) is 0.614. The molecule has 1 aliphatic rings. The third-order valence-electron chi connectivity index (χ3n) is 1.22. The molecule has 0 aliphatic heterocycles. The number of hydrogen-bond donors (Lipinski definition) is 1. The lowest BCUT2D eigenvalue weighted by Gasteiger charge is -1.91. The molecule has 2 nitrogen and oxygen atoms in total. The van der Waals surface area contributed by atoms with Crippen molar-refractivity contribution < 1.29 is 9.90 Å². The van der Waals surface area contributed by atoms with Gasteiger partial charge in [0.1, 0.15) is 0 Å². The van der Waals surface area contributed by atoms with E-state index in [-0.39, 0.29) is 0 Å². The fourth-order valence-electron chi connectivity index (χ4n) is 0.846. The van der Waals surface area contributed by atoms with Gasteiger partial charge in [-0.1, -0.05) is 6.08 Å². The van der Waals surface area contributed by atoms with Crippen molar-refractivity contribution in [2.75, 3.05) is 0 Å². The molecule has 0 bridgehead atoms. The molecule has 0 aromatic carbocycles. The Morgan fingerprint density at radius 3 is 3.00 bits per heavy atom. The van der Waals surface area contributed by atoms with Gasteiger partial charge in [-0.15, -0.1) is 0 Å². The fraction of sp³-hybridized carbons (Fsp3) is 0.500. The monoisotopic (exact) mass is 144 g/mol. The molecule has 0 fully saturated rings. The summed E-state index contributed by atoms with van der Waals surface area (Å²) >= 11 is 0.940. The van der Waals surface area contributed by atoms with Gasteiger partial charge in [0.05, 0.1) is 0 Å². The van der Waals surface area contributed by atoms with Crippen LogP contribution in [-0.2, 0) is 0 Å². The Balaban J connectivity index is 2.35. The molecule has 1 aliphatic carbocycles. The van der Waals surface area contributed by atoms with Gasteiger partial charge in [0, 0.05) is 0 Å². The Morgan fingerprint density at radius 1 is 1.78 bits per heavy atom. The number of allylic oxidation sites excluding steroid dienone is 2. The number of rotatable bonds is 1. The van der Waals surface area contributed by atoms with Gasteiger partial charge < -0.3 is 5.11 Å². The van der Waals surface area contributed by atoms with Crippen LogP contribution in [0, 0.1) is 0 Å². The van der Waals surface area contributed by atoms with Crippen molar-refractivity contribution in [1.29, 1.82) is 0 Å². The first-order valence-electron chi connectivity index (χ1n) is 2.89. The fourth-order valence-corrected chi connectivity index (χ4v) is 1.52. The van der Waals surface area contributed by atoms with E-state index in [2.05, 4.69) is 0 Å². The summed E-state index contributed by atoms with van der Waals surface area (Å²) in [5.74, 6) is 0. The van der Waals surface area contributed by atoms with Crippen molar-refractivity contribution in [3.8, 4) is 0 Å². The van der Waals surface area contributed by atoms with Crippen LogP contribution in [0.15, 0.2) is 11.0 Å². The first kappa shape index (κ1) is 6.68. The molecule has 0 heterocycles. The average molecular weight is 144 g/mol. The molecule has 1 N–H and O–H groups in total. The maximum absolute atomic E-state index is 10.1. The molecule has 9 heavy (non-hydrogen) atoms. The minimum atomic E-state index is -0.789. The van der Waals surface area contributed by atoms with E-state index in [4.69, 9.17) is 5.11 Å². The highest BCUT2D eigenvalue weighted by molar-refractivity contribution is 8.16. The maximum Gasteiger partial charge on any atom is 0.369 e. The Labute approximate surface area is 57.9 Å². The van der Waals surface area contributed by atoms with Crippen molar-refractivity contribution in [1.82, 2.24) is 0 Å². The van der Waals surface area contributed by atoms with Crippen LogP contribution >= 0.6 is 11.8 Å². The van der Waals surface area contributed by atoms with Gasteiger partial charge in [-0.2, -0.15) is 0 Å². The SMILES string of the molecule is O=C(O)SC1=CCCC1. The lowest BCUT2D eigenvalue weighted by molar-refractivity contribution is 0.222. The molecule has 0 amide bonds. The predicted octanol–water partition coefficient (Wildman–Crippen LogP) is 2.47. The van der Waals surface area contributed by atoms with Gasteiger partial charge in [0.25, 0.3) is 0 Å². The van der Waals surface area contributed by atoms with E-state index in [1.807, 2.05) is 6.08 Å². The van der Waals surface area contributed by atoms with Gasteiger partial charge in [0.15, 0.2) is 0 Å². The van der Waals surface area contributed by atoms with Gasteiger partial charge in [-0.25, -0.2) is 4.79 Å². The maximum atomic E-state index is 10.1. The largest absolute Gasteiger partial charge is 0.473 e. The molecule has 0 aromatic heterocycles. The normalized spacial score (nSPS) is 17.6. The molecule has 0 saturated carbocycles. The molecule has 0 saturated heterocycles. The summed E-state index contributed by atoms with van der Waals surface area (Å²) in [6.07, 6.45) is 5.13. The number of carbonyl (C=O) groups is 1. The summed E-state index contributed by atoms with van der Waals surface area (Å²) in [6, 6.07) is 0. The van der Waals surface area contributed by atoms with Crippen LogP contribution < -0.4 is 0 Å². The molecule has 0 radical (unpaired) electrons. The van der Waals surface area contributed by atoms with Gasteiger partial charge in [-0.3, -0.25) is 0 Å².